The molecule has 2 aliphatic heterocycles. The number of nitrogens with one attached hydrogen (secondary N) is 1. The molecular weight excluding hydrogens is 344 g/mol. The fraction of sp³-hybridized carbons (Fsp3) is 0.500. The number of benzene rings is 1. The first-order valence-electron chi connectivity index (χ1n) is 9.49. The van der Waals surface area contributed by atoms with Crippen LogP contribution in [0.3, 0.4) is 0 Å². The van der Waals surface area contributed by atoms with Crippen molar-refractivity contribution in [1.82, 2.24) is 20.0 Å². The highest BCUT2D eigenvalue weighted by atomic mass is 16.7. The Morgan fingerprint density at radius 3 is 2.67 bits per heavy atom. The van der Waals surface area contributed by atoms with Crippen LogP contribution in [0.4, 0.5) is 0 Å². The maximum Gasteiger partial charge on any atom is 0.231 e. The first-order valence-corrected chi connectivity index (χ1v) is 9.49. The van der Waals surface area contributed by atoms with Crippen molar-refractivity contribution in [3.8, 4) is 11.5 Å². The summed E-state index contributed by atoms with van der Waals surface area (Å²) in [6, 6.07) is 6.10. The number of carbonyl (C=O) groups is 1. The molecule has 1 aromatic carbocycles. The maximum atomic E-state index is 12.5. The number of H-pyrrole nitrogens is 1. The number of hydrogen-bond acceptors (Lipinski definition) is 5. The van der Waals surface area contributed by atoms with E-state index in [1.54, 1.807) is 0 Å². The molecule has 7 nitrogen and oxygen atoms in total. The van der Waals surface area contributed by atoms with Crippen LogP contribution in [0.15, 0.2) is 18.2 Å². The third kappa shape index (κ3) is 3.93. The van der Waals surface area contributed by atoms with Crippen molar-refractivity contribution >= 4 is 5.91 Å². The zero-order valence-corrected chi connectivity index (χ0v) is 16.0. The molecule has 1 saturated heterocycles. The molecule has 1 amide bonds. The van der Waals surface area contributed by atoms with E-state index in [9.17, 15) is 4.79 Å². The van der Waals surface area contributed by atoms with Crippen molar-refractivity contribution in [1.29, 1.82) is 0 Å². The predicted molar refractivity (Wildman–Crippen MR) is 101 cm³/mol. The molecule has 0 atom stereocenters. The van der Waals surface area contributed by atoms with E-state index in [1.165, 1.54) is 5.56 Å². The molecule has 144 valence electrons. The van der Waals surface area contributed by atoms with Crippen LogP contribution in [0.25, 0.3) is 0 Å². The monoisotopic (exact) mass is 370 g/mol. The summed E-state index contributed by atoms with van der Waals surface area (Å²) >= 11 is 0. The summed E-state index contributed by atoms with van der Waals surface area (Å²) in [5, 5.41) is 7.28. The van der Waals surface area contributed by atoms with Gasteiger partial charge >= 0.3 is 0 Å². The summed E-state index contributed by atoms with van der Waals surface area (Å²) < 4.78 is 10.8. The highest BCUT2D eigenvalue weighted by molar-refractivity contribution is 5.76. The minimum atomic E-state index is 0.220. The van der Waals surface area contributed by atoms with Gasteiger partial charge in [0.05, 0.1) is 5.69 Å². The molecule has 1 aromatic heterocycles. The Morgan fingerprint density at radius 1 is 1.15 bits per heavy atom. The number of hydrogen-bond donors (Lipinski definition) is 1. The molecule has 1 N–H and O–H groups in total. The predicted octanol–water partition coefficient (Wildman–Crippen LogP) is 2.03. The molecule has 0 bridgehead atoms. The first kappa shape index (κ1) is 17.9. The van der Waals surface area contributed by atoms with Gasteiger partial charge in [-0.25, -0.2) is 0 Å². The van der Waals surface area contributed by atoms with Gasteiger partial charge in [0.1, 0.15) is 0 Å². The average molecular weight is 370 g/mol. The molecule has 0 radical (unpaired) electrons. The summed E-state index contributed by atoms with van der Waals surface area (Å²) in [7, 11) is 0. The van der Waals surface area contributed by atoms with E-state index in [1.807, 2.05) is 30.9 Å². The van der Waals surface area contributed by atoms with E-state index < -0.39 is 0 Å². The van der Waals surface area contributed by atoms with Crippen LogP contribution >= 0.6 is 0 Å². The molecule has 2 aromatic rings. The third-order valence-electron chi connectivity index (χ3n) is 5.50. The third-order valence-corrected chi connectivity index (χ3v) is 5.50. The first-order chi connectivity index (χ1) is 13.1. The minimum absolute atomic E-state index is 0.220. The molecule has 3 heterocycles. The van der Waals surface area contributed by atoms with Crippen molar-refractivity contribution in [2.75, 3.05) is 33.0 Å². The lowest BCUT2D eigenvalue weighted by Gasteiger charge is -2.34. The van der Waals surface area contributed by atoms with Gasteiger partial charge in [-0.1, -0.05) is 6.07 Å². The second kappa shape index (κ2) is 7.60. The second-order valence-electron chi connectivity index (χ2n) is 7.26. The minimum Gasteiger partial charge on any atom is -0.454 e. The van der Waals surface area contributed by atoms with E-state index in [4.69, 9.17) is 9.47 Å². The molecule has 2 aliphatic rings. The Balaban J connectivity index is 1.25. The zero-order valence-electron chi connectivity index (χ0n) is 16.0. The van der Waals surface area contributed by atoms with E-state index >= 15 is 0 Å². The molecule has 7 heteroatoms. The number of nitrogens with zero attached hydrogens (tertiary/aromatic N) is 3. The summed E-state index contributed by atoms with van der Waals surface area (Å²) in [5.74, 6) is 1.86. The number of rotatable bonds is 5. The zero-order chi connectivity index (χ0) is 18.8. The van der Waals surface area contributed by atoms with Gasteiger partial charge in [-0.3, -0.25) is 14.8 Å². The van der Waals surface area contributed by atoms with Gasteiger partial charge in [0.2, 0.25) is 12.7 Å². The maximum absolute atomic E-state index is 12.5. The lowest BCUT2D eigenvalue weighted by Crippen LogP contribution is -2.48. The van der Waals surface area contributed by atoms with E-state index in [-0.39, 0.29) is 5.91 Å². The van der Waals surface area contributed by atoms with Gasteiger partial charge < -0.3 is 14.4 Å². The van der Waals surface area contributed by atoms with Gasteiger partial charge in [-0.2, -0.15) is 5.10 Å². The number of ether oxygens (including phenoxy) is 2. The van der Waals surface area contributed by atoms with Crippen molar-refractivity contribution in [3.05, 3.63) is 40.7 Å². The number of amides is 1. The highest BCUT2D eigenvalue weighted by Gasteiger charge is 2.22. The van der Waals surface area contributed by atoms with Crippen LogP contribution in [0.1, 0.15) is 28.9 Å². The molecular formula is C20H26N4O3. The van der Waals surface area contributed by atoms with E-state index in [2.05, 4.69) is 21.2 Å². The second-order valence-corrected chi connectivity index (χ2v) is 7.26. The SMILES string of the molecule is Cc1[nH]nc(CCC(=O)N2CCN(Cc3ccc4c(c3)OCO4)CC2)c1C. The van der Waals surface area contributed by atoms with Crippen LogP contribution in [0.5, 0.6) is 11.5 Å². The van der Waals surface area contributed by atoms with Gasteiger partial charge in [0.25, 0.3) is 0 Å². The highest BCUT2D eigenvalue weighted by Crippen LogP contribution is 2.32. The quantitative estimate of drug-likeness (QED) is 0.872. The van der Waals surface area contributed by atoms with Crippen molar-refractivity contribution < 1.29 is 14.3 Å². The van der Waals surface area contributed by atoms with Gasteiger partial charge in [-0.15, -0.1) is 0 Å². The topological polar surface area (TPSA) is 70.7 Å². The lowest BCUT2D eigenvalue weighted by atomic mass is 10.1. The summed E-state index contributed by atoms with van der Waals surface area (Å²) in [6.07, 6.45) is 1.22. The fourth-order valence-electron chi connectivity index (χ4n) is 3.62. The Hall–Kier alpha value is -2.54. The summed E-state index contributed by atoms with van der Waals surface area (Å²) in [4.78, 5) is 16.9. The average Bonchev–Trinajstić information content (AvgIpc) is 3.27. The molecule has 4 rings (SSSR count). The van der Waals surface area contributed by atoms with Crippen molar-refractivity contribution in [2.24, 2.45) is 0 Å². The molecule has 1 fully saturated rings. The standard InChI is InChI=1S/C20H26N4O3/c1-14-15(2)21-22-17(14)4-6-20(25)24-9-7-23(8-10-24)12-16-3-5-18-19(11-16)27-13-26-18/h3,5,11H,4,6-10,12-13H2,1-2H3,(H,21,22). The van der Waals surface area contributed by atoms with E-state index in [0.29, 0.717) is 19.6 Å². The number of carbonyl (C=O) groups excluding carboxylic acids is 1. The van der Waals surface area contributed by atoms with Gasteiger partial charge in [-0.05, 0) is 37.1 Å². The van der Waals surface area contributed by atoms with Crippen LogP contribution < -0.4 is 9.47 Å². The Labute approximate surface area is 159 Å². The molecule has 0 saturated carbocycles. The Kier molecular flexibility index (Phi) is 5.03. The molecule has 0 spiro atoms. The number of aryl methyl sites for hydroxylation is 2. The normalized spacial score (nSPS) is 16.7. The summed E-state index contributed by atoms with van der Waals surface area (Å²) in [5.41, 5.74) is 4.46. The number of fused-ring (bicyclic) bond motifs is 1. The van der Waals surface area contributed by atoms with Gasteiger partial charge in [0, 0.05) is 51.3 Å². The van der Waals surface area contributed by atoms with Crippen LogP contribution in [0.2, 0.25) is 0 Å². The van der Waals surface area contributed by atoms with Crippen LogP contribution in [-0.4, -0.2) is 58.9 Å². The molecule has 0 unspecified atom stereocenters. The lowest BCUT2D eigenvalue weighted by molar-refractivity contribution is -0.133. The number of aromatic nitrogens is 2. The fourth-order valence-corrected chi connectivity index (χ4v) is 3.62. The van der Waals surface area contributed by atoms with Gasteiger partial charge in [0.15, 0.2) is 11.5 Å². The molecule has 27 heavy (non-hydrogen) atoms. The van der Waals surface area contributed by atoms with Crippen molar-refractivity contribution in [3.63, 3.8) is 0 Å². The number of piperazine rings is 1. The largest absolute Gasteiger partial charge is 0.454 e. The molecule has 0 aliphatic carbocycles. The number of aromatic amines is 1. The van der Waals surface area contributed by atoms with Crippen LogP contribution in [-0.2, 0) is 17.8 Å². The van der Waals surface area contributed by atoms with E-state index in [0.717, 1.165) is 61.2 Å². The van der Waals surface area contributed by atoms with Crippen molar-refractivity contribution in [2.45, 2.75) is 33.2 Å². The Morgan fingerprint density at radius 2 is 1.93 bits per heavy atom. The smallest absolute Gasteiger partial charge is 0.231 e. The Bertz CT molecular complexity index is 825. The summed E-state index contributed by atoms with van der Waals surface area (Å²) in [6.45, 7) is 8.56. The van der Waals surface area contributed by atoms with Crippen LogP contribution in [0, 0.1) is 13.8 Å².